The highest BCUT2D eigenvalue weighted by Gasteiger charge is 2.30. The van der Waals surface area contributed by atoms with Crippen molar-refractivity contribution in [1.29, 1.82) is 0 Å². The number of nitrogens with zero attached hydrogens (tertiary/aromatic N) is 2. The summed E-state index contributed by atoms with van der Waals surface area (Å²) in [6.07, 6.45) is -4.41. The van der Waals surface area contributed by atoms with Crippen LogP contribution in [0.1, 0.15) is 5.56 Å². The van der Waals surface area contributed by atoms with Gasteiger partial charge in [0.2, 0.25) is 0 Å². The molecule has 1 heterocycles. The third-order valence-corrected chi connectivity index (χ3v) is 2.87. The van der Waals surface area contributed by atoms with Gasteiger partial charge in [0.1, 0.15) is 0 Å². The minimum atomic E-state index is -4.41. The standard InChI is InChI=1S/C12H14F3N3O/c1-17(2)5-6-18-10-7-8(12(13,14)15)3-4-9(10)16-11(18)19/h3-4,7H,5-6H2,1-2H3,(H,16,19). The van der Waals surface area contributed by atoms with E-state index in [-0.39, 0.29) is 5.52 Å². The third kappa shape index (κ3) is 2.81. The molecule has 104 valence electrons. The fourth-order valence-electron chi connectivity index (χ4n) is 1.85. The van der Waals surface area contributed by atoms with Crippen molar-refractivity contribution < 1.29 is 13.2 Å². The predicted molar refractivity (Wildman–Crippen MR) is 66.1 cm³/mol. The molecule has 1 aromatic heterocycles. The maximum atomic E-state index is 12.7. The van der Waals surface area contributed by atoms with Crippen LogP contribution in [0, 0.1) is 0 Å². The molecular weight excluding hydrogens is 259 g/mol. The Balaban J connectivity index is 2.50. The van der Waals surface area contributed by atoms with Gasteiger partial charge in [0.15, 0.2) is 0 Å². The van der Waals surface area contributed by atoms with Crippen LogP contribution >= 0.6 is 0 Å². The number of aromatic nitrogens is 2. The highest BCUT2D eigenvalue weighted by atomic mass is 19.4. The predicted octanol–water partition coefficient (Wildman–Crippen LogP) is 1.91. The Morgan fingerprint density at radius 1 is 1.32 bits per heavy atom. The second-order valence-electron chi connectivity index (χ2n) is 4.61. The molecule has 0 saturated carbocycles. The Morgan fingerprint density at radius 3 is 2.58 bits per heavy atom. The van der Waals surface area contributed by atoms with Gasteiger partial charge in [0.25, 0.3) is 0 Å². The minimum absolute atomic E-state index is 0.279. The van der Waals surface area contributed by atoms with Crippen LogP contribution in [0.25, 0.3) is 11.0 Å². The van der Waals surface area contributed by atoms with Gasteiger partial charge in [-0.05, 0) is 32.3 Å². The van der Waals surface area contributed by atoms with Crippen LogP contribution in [-0.4, -0.2) is 35.1 Å². The van der Waals surface area contributed by atoms with Crippen LogP contribution in [0.4, 0.5) is 13.2 Å². The minimum Gasteiger partial charge on any atom is -0.308 e. The number of benzene rings is 1. The first-order valence-corrected chi connectivity index (χ1v) is 5.73. The number of nitrogens with one attached hydrogen (secondary N) is 1. The summed E-state index contributed by atoms with van der Waals surface area (Å²) in [5.41, 5.74) is -0.452. The molecule has 4 nitrogen and oxygen atoms in total. The van der Waals surface area contributed by atoms with Crippen molar-refractivity contribution in [1.82, 2.24) is 14.5 Å². The number of hydrogen-bond acceptors (Lipinski definition) is 2. The highest BCUT2D eigenvalue weighted by Crippen LogP contribution is 2.30. The molecule has 7 heteroatoms. The van der Waals surface area contributed by atoms with Gasteiger partial charge in [-0.3, -0.25) is 4.57 Å². The number of halogens is 3. The van der Waals surface area contributed by atoms with E-state index in [2.05, 4.69) is 4.98 Å². The molecule has 2 aromatic rings. The lowest BCUT2D eigenvalue weighted by molar-refractivity contribution is -0.137. The summed E-state index contributed by atoms with van der Waals surface area (Å²) >= 11 is 0. The van der Waals surface area contributed by atoms with Gasteiger partial charge in [-0.2, -0.15) is 13.2 Å². The molecule has 1 N–H and O–H groups in total. The largest absolute Gasteiger partial charge is 0.416 e. The summed E-state index contributed by atoms with van der Waals surface area (Å²) < 4.78 is 39.3. The molecule has 0 atom stereocenters. The second kappa shape index (κ2) is 4.73. The molecule has 0 aliphatic rings. The number of likely N-dealkylation sites (N-methyl/N-ethyl adjacent to an activating group) is 1. The molecule has 0 fully saturated rings. The smallest absolute Gasteiger partial charge is 0.308 e. The van der Waals surface area contributed by atoms with Crippen molar-refractivity contribution in [2.24, 2.45) is 0 Å². The first kappa shape index (κ1) is 13.7. The van der Waals surface area contributed by atoms with Gasteiger partial charge >= 0.3 is 11.9 Å². The van der Waals surface area contributed by atoms with Gasteiger partial charge < -0.3 is 9.88 Å². The zero-order valence-corrected chi connectivity index (χ0v) is 10.6. The van der Waals surface area contributed by atoms with E-state index in [1.165, 1.54) is 10.6 Å². The van der Waals surface area contributed by atoms with Gasteiger partial charge in [0.05, 0.1) is 16.6 Å². The molecule has 0 unspecified atom stereocenters. The fraction of sp³-hybridized carbons (Fsp3) is 0.417. The summed E-state index contributed by atoms with van der Waals surface area (Å²) in [5, 5.41) is 0. The Labute approximate surface area is 107 Å². The normalized spacial score (nSPS) is 12.5. The molecule has 19 heavy (non-hydrogen) atoms. The summed E-state index contributed by atoms with van der Waals surface area (Å²) in [6, 6.07) is 3.25. The first-order chi connectivity index (χ1) is 8.79. The van der Waals surface area contributed by atoms with Crippen LogP contribution in [0.15, 0.2) is 23.0 Å². The van der Waals surface area contributed by atoms with E-state index in [1.807, 2.05) is 19.0 Å². The molecular formula is C12H14F3N3O. The van der Waals surface area contributed by atoms with Crippen molar-refractivity contribution in [2.45, 2.75) is 12.7 Å². The number of imidazole rings is 1. The molecule has 0 aliphatic carbocycles. The van der Waals surface area contributed by atoms with Gasteiger partial charge in [0, 0.05) is 13.1 Å². The van der Waals surface area contributed by atoms with Crippen molar-refractivity contribution >= 4 is 11.0 Å². The van der Waals surface area contributed by atoms with E-state index < -0.39 is 17.4 Å². The zero-order chi connectivity index (χ0) is 14.2. The topological polar surface area (TPSA) is 41.0 Å². The Hall–Kier alpha value is -1.76. The number of hydrogen-bond donors (Lipinski definition) is 1. The van der Waals surface area contributed by atoms with Crippen LogP contribution in [0.2, 0.25) is 0 Å². The molecule has 1 aromatic carbocycles. The van der Waals surface area contributed by atoms with Crippen LogP contribution < -0.4 is 5.69 Å². The molecule has 0 radical (unpaired) electrons. The van der Waals surface area contributed by atoms with Crippen molar-refractivity contribution in [3.8, 4) is 0 Å². The molecule has 0 aliphatic heterocycles. The summed E-state index contributed by atoms with van der Waals surface area (Å²) in [4.78, 5) is 16.1. The fourth-order valence-corrected chi connectivity index (χ4v) is 1.85. The maximum absolute atomic E-state index is 12.7. The van der Waals surface area contributed by atoms with Gasteiger partial charge in [-0.15, -0.1) is 0 Å². The average molecular weight is 273 g/mol. The van der Waals surface area contributed by atoms with Crippen LogP contribution in [0.5, 0.6) is 0 Å². The molecule has 2 rings (SSSR count). The van der Waals surface area contributed by atoms with E-state index in [9.17, 15) is 18.0 Å². The number of fused-ring (bicyclic) bond motifs is 1. The zero-order valence-electron chi connectivity index (χ0n) is 10.6. The van der Waals surface area contributed by atoms with Gasteiger partial charge in [-0.25, -0.2) is 4.79 Å². The molecule has 0 spiro atoms. The van der Waals surface area contributed by atoms with Crippen molar-refractivity contribution in [3.05, 3.63) is 34.2 Å². The molecule has 0 amide bonds. The number of alkyl halides is 3. The van der Waals surface area contributed by atoms with Crippen LogP contribution in [-0.2, 0) is 12.7 Å². The van der Waals surface area contributed by atoms with E-state index in [0.717, 1.165) is 12.1 Å². The average Bonchev–Trinajstić information content (AvgIpc) is 2.59. The third-order valence-electron chi connectivity index (χ3n) is 2.87. The summed E-state index contributed by atoms with van der Waals surface area (Å²) in [7, 11) is 3.67. The monoisotopic (exact) mass is 273 g/mol. The Bertz CT molecular complexity index is 640. The van der Waals surface area contributed by atoms with E-state index in [0.29, 0.717) is 18.6 Å². The van der Waals surface area contributed by atoms with E-state index >= 15 is 0 Å². The number of H-pyrrole nitrogens is 1. The van der Waals surface area contributed by atoms with Crippen molar-refractivity contribution in [3.63, 3.8) is 0 Å². The van der Waals surface area contributed by atoms with Crippen molar-refractivity contribution in [2.75, 3.05) is 20.6 Å². The summed E-state index contributed by atoms with van der Waals surface area (Å²) in [5.74, 6) is 0. The SMILES string of the molecule is CN(C)CCn1c(=O)[nH]c2ccc(C(F)(F)F)cc21. The van der Waals surface area contributed by atoms with E-state index in [1.54, 1.807) is 0 Å². The lowest BCUT2D eigenvalue weighted by atomic mass is 10.2. The second-order valence-corrected chi connectivity index (χ2v) is 4.61. The molecule has 0 saturated heterocycles. The Morgan fingerprint density at radius 2 is 2.00 bits per heavy atom. The quantitative estimate of drug-likeness (QED) is 0.928. The maximum Gasteiger partial charge on any atom is 0.416 e. The lowest BCUT2D eigenvalue weighted by Crippen LogP contribution is -2.24. The molecule has 0 bridgehead atoms. The first-order valence-electron chi connectivity index (χ1n) is 5.73. The van der Waals surface area contributed by atoms with Crippen LogP contribution in [0.3, 0.4) is 0 Å². The number of rotatable bonds is 3. The highest BCUT2D eigenvalue weighted by molar-refractivity contribution is 5.76. The Kier molecular flexibility index (Phi) is 3.40. The number of aromatic amines is 1. The van der Waals surface area contributed by atoms with E-state index in [4.69, 9.17) is 0 Å². The lowest BCUT2D eigenvalue weighted by Gasteiger charge is -2.11. The summed E-state index contributed by atoms with van der Waals surface area (Å²) in [6.45, 7) is 0.913. The van der Waals surface area contributed by atoms with Gasteiger partial charge in [-0.1, -0.05) is 0 Å².